The van der Waals surface area contributed by atoms with Crippen molar-refractivity contribution in [3.63, 3.8) is 0 Å². The zero-order chi connectivity index (χ0) is 26.7. The van der Waals surface area contributed by atoms with Crippen LogP contribution in [-0.2, 0) is 32.6 Å². The summed E-state index contributed by atoms with van der Waals surface area (Å²) in [5.74, 6) is -0.170. The third kappa shape index (κ3) is 3.95. The van der Waals surface area contributed by atoms with Gasteiger partial charge in [0.15, 0.2) is 0 Å². The molecule has 2 aromatic carbocycles. The number of rotatable bonds is 4. The zero-order valence-electron chi connectivity index (χ0n) is 21.4. The van der Waals surface area contributed by atoms with E-state index in [1.807, 2.05) is 44.2 Å². The SMILES string of the molecule is CC1(C)CC[C@@H](c2ccc(F)cc2)N(CC(=O)Nc2ccc3c(c2)CC2(C3)C(=O)Nc3ncccc32)C1=O. The normalized spacial score (nSPS) is 23.2. The highest BCUT2D eigenvalue weighted by Crippen LogP contribution is 2.47. The fraction of sp³-hybridized carbons (Fsp3) is 0.333. The molecule has 1 aromatic heterocycles. The molecule has 1 spiro atoms. The van der Waals surface area contributed by atoms with Gasteiger partial charge >= 0.3 is 0 Å². The molecule has 1 unspecified atom stereocenters. The number of carbonyl (C=O) groups is 3. The van der Waals surface area contributed by atoms with Crippen LogP contribution in [-0.4, -0.2) is 34.2 Å². The predicted octanol–water partition coefficient (Wildman–Crippen LogP) is 4.54. The van der Waals surface area contributed by atoms with E-state index in [9.17, 15) is 18.8 Å². The lowest BCUT2D eigenvalue weighted by molar-refractivity contribution is -0.150. The van der Waals surface area contributed by atoms with Crippen LogP contribution in [0.25, 0.3) is 0 Å². The van der Waals surface area contributed by atoms with E-state index in [0.29, 0.717) is 37.2 Å². The molecule has 1 aliphatic carbocycles. The summed E-state index contributed by atoms with van der Waals surface area (Å²) in [5.41, 5.74) is 3.17. The predicted molar refractivity (Wildman–Crippen MR) is 141 cm³/mol. The van der Waals surface area contributed by atoms with Crippen molar-refractivity contribution in [2.75, 3.05) is 17.2 Å². The number of piperidine rings is 1. The highest BCUT2D eigenvalue weighted by molar-refractivity contribution is 6.06. The van der Waals surface area contributed by atoms with Crippen molar-refractivity contribution in [2.24, 2.45) is 5.41 Å². The van der Waals surface area contributed by atoms with Crippen LogP contribution in [0.15, 0.2) is 60.8 Å². The van der Waals surface area contributed by atoms with Crippen molar-refractivity contribution in [3.8, 4) is 0 Å². The first-order chi connectivity index (χ1) is 18.2. The molecular formula is C30H29FN4O3. The van der Waals surface area contributed by atoms with E-state index in [-0.39, 0.29) is 36.1 Å². The van der Waals surface area contributed by atoms with E-state index < -0.39 is 10.8 Å². The van der Waals surface area contributed by atoms with Crippen molar-refractivity contribution < 1.29 is 18.8 Å². The van der Waals surface area contributed by atoms with Crippen LogP contribution < -0.4 is 10.6 Å². The van der Waals surface area contributed by atoms with Crippen LogP contribution in [0.4, 0.5) is 15.9 Å². The number of benzene rings is 2. The number of likely N-dealkylation sites (tertiary alicyclic amines) is 1. The van der Waals surface area contributed by atoms with Gasteiger partial charge in [-0.2, -0.15) is 0 Å². The Morgan fingerprint density at radius 3 is 2.66 bits per heavy atom. The molecule has 8 heteroatoms. The summed E-state index contributed by atoms with van der Waals surface area (Å²) in [6.07, 6.45) is 4.16. The minimum Gasteiger partial charge on any atom is -0.326 e. The van der Waals surface area contributed by atoms with Crippen molar-refractivity contribution >= 4 is 29.2 Å². The Morgan fingerprint density at radius 1 is 1.11 bits per heavy atom. The van der Waals surface area contributed by atoms with E-state index in [1.165, 1.54) is 12.1 Å². The van der Waals surface area contributed by atoms with E-state index in [4.69, 9.17) is 0 Å². The van der Waals surface area contributed by atoms with Crippen LogP contribution in [0.1, 0.15) is 55.0 Å². The van der Waals surface area contributed by atoms with Gasteiger partial charge in [0.25, 0.3) is 0 Å². The molecule has 38 heavy (non-hydrogen) atoms. The number of nitrogens with zero attached hydrogens (tertiary/aromatic N) is 2. The number of carbonyl (C=O) groups excluding carboxylic acids is 3. The quantitative estimate of drug-likeness (QED) is 0.537. The van der Waals surface area contributed by atoms with Crippen LogP contribution in [0.3, 0.4) is 0 Å². The summed E-state index contributed by atoms with van der Waals surface area (Å²) >= 11 is 0. The number of halogens is 1. The lowest BCUT2D eigenvalue weighted by Gasteiger charge is -2.43. The molecule has 2 aliphatic heterocycles. The number of amides is 3. The molecule has 0 bridgehead atoms. The van der Waals surface area contributed by atoms with Gasteiger partial charge in [-0.15, -0.1) is 0 Å². The minimum atomic E-state index is -0.678. The number of hydrogen-bond donors (Lipinski definition) is 2. The second-order valence-corrected chi connectivity index (χ2v) is 11.2. The zero-order valence-corrected chi connectivity index (χ0v) is 21.4. The summed E-state index contributed by atoms with van der Waals surface area (Å²) in [6.45, 7) is 3.68. The smallest absolute Gasteiger partial charge is 0.244 e. The van der Waals surface area contributed by atoms with E-state index in [2.05, 4.69) is 15.6 Å². The van der Waals surface area contributed by atoms with Crippen LogP contribution in [0.2, 0.25) is 0 Å². The molecule has 2 N–H and O–H groups in total. The maximum atomic E-state index is 13.5. The molecule has 194 valence electrons. The van der Waals surface area contributed by atoms with E-state index >= 15 is 0 Å². The summed E-state index contributed by atoms with van der Waals surface area (Å²) in [4.78, 5) is 45.4. The highest BCUT2D eigenvalue weighted by Gasteiger charge is 2.51. The second-order valence-electron chi connectivity index (χ2n) is 11.2. The molecular weight excluding hydrogens is 483 g/mol. The Hall–Kier alpha value is -4.07. The third-order valence-electron chi connectivity index (χ3n) is 8.29. The molecule has 2 atom stereocenters. The summed E-state index contributed by atoms with van der Waals surface area (Å²) in [6, 6.07) is 15.3. The average Bonchev–Trinajstić information content (AvgIpc) is 3.40. The number of hydrogen-bond acceptors (Lipinski definition) is 4. The summed E-state index contributed by atoms with van der Waals surface area (Å²) < 4.78 is 13.5. The number of pyridine rings is 1. The Labute approximate surface area is 220 Å². The maximum Gasteiger partial charge on any atom is 0.244 e. The monoisotopic (exact) mass is 512 g/mol. The number of fused-ring (bicyclic) bond motifs is 3. The minimum absolute atomic E-state index is 0.0500. The largest absolute Gasteiger partial charge is 0.326 e. The van der Waals surface area contributed by atoms with Crippen LogP contribution in [0.5, 0.6) is 0 Å². The standard InChI is InChI=1S/C30H29FN4O3/c1-29(2)12-11-24(18-5-8-21(31)9-6-18)35(28(29)38)17-25(36)33-22-10-7-19-15-30(16-20(19)14-22)23-4-3-13-32-26(23)34-27(30)37/h3-10,13-14,24H,11-12,15-17H2,1-2H3,(H,33,36)(H,32,34,37)/t24-,30?/m0/s1. The fourth-order valence-electron chi connectivity index (χ4n) is 6.20. The molecule has 3 heterocycles. The van der Waals surface area contributed by atoms with E-state index in [0.717, 1.165) is 22.3 Å². The first-order valence-corrected chi connectivity index (χ1v) is 12.9. The lowest BCUT2D eigenvalue weighted by Crippen LogP contribution is -2.50. The third-order valence-corrected chi connectivity index (χ3v) is 8.29. The Balaban J connectivity index is 1.20. The Bertz CT molecular complexity index is 1470. The van der Waals surface area contributed by atoms with Crippen LogP contribution >= 0.6 is 0 Å². The fourth-order valence-corrected chi connectivity index (χ4v) is 6.20. The van der Waals surface area contributed by atoms with Gasteiger partial charge in [0, 0.05) is 22.9 Å². The molecule has 7 nitrogen and oxygen atoms in total. The van der Waals surface area contributed by atoms with Gasteiger partial charge in [-0.25, -0.2) is 9.37 Å². The van der Waals surface area contributed by atoms with Gasteiger partial charge in [0.05, 0.1) is 11.5 Å². The first-order valence-electron chi connectivity index (χ1n) is 12.9. The molecule has 1 saturated heterocycles. The van der Waals surface area contributed by atoms with Crippen LogP contribution in [0, 0.1) is 11.2 Å². The number of aromatic nitrogens is 1. The summed E-state index contributed by atoms with van der Waals surface area (Å²) in [5, 5.41) is 5.86. The molecule has 6 rings (SSSR count). The molecule has 0 radical (unpaired) electrons. The van der Waals surface area contributed by atoms with Crippen molar-refractivity contribution in [1.82, 2.24) is 9.88 Å². The van der Waals surface area contributed by atoms with Gasteiger partial charge in [0.1, 0.15) is 18.2 Å². The molecule has 0 saturated carbocycles. The average molecular weight is 513 g/mol. The maximum absolute atomic E-state index is 13.5. The van der Waals surface area contributed by atoms with Crippen molar-refractivity contribution in [2.45, 2.75) is 51.0 Å². The first kappa shape index (κ1) is 24.3. The molecule has 3 aliphatic rings. The van der Waals surface area contributed by atoms with Crippen molar-refractivity contribution in [3.05, 3.63) is 88.9 Å². The molecule has 3 aromatic rings. The number of nitrogens with one attached hydrogen (secondary N) is 2. The van der Waals surface area contributed by atoms with Gasteiger partial charge in [0.2, 0.25) is 17.7 Å². The molecule has 3 amide bonds. The Kier molecular flexibility index (Phi) is 5.59. The lowest BCUT2D eigenvalue weighted by atomic mass is 9.78. The van der Waals surface area contributed by atoms with Gasteiger partial charge < -0.3 is 15.5 Å². The molecule has 1 fully saturated rings. The second kappa shape index (κ2) is 8.75. The van der Waals surface area contributed by atoms with Gasteiger partial charge in [-0.3, -0.25) is 14.4 Å². The van der Waals surface area contributed by atoms with Gasteiger partial charge in [-0.05, 0) is 72.7 Å². The number of anilines is 2. The highest BCUT2D eigenvalue weighted by atomic mass is 19.1. The topological polar surface area (TPSA) is 91.4 Å². The summed E-state index contributed by atoms with van der Waals surface area (Å²) in [7, 11) is 0. The Morgan fingerprint density at radius 2 is 1.87 bits per heavy atom. The van der Waals surface area contributed by atoms with E-state index in [1.54, 1.807) is 23.2 Å². The van der Waals surface area contributed by atoms with Gasteiger partial charge in [-0.1, -0.05) is 38.1 Å². The van der Waals surface area contributed by atoms with Crippen molar-refractivity contribution in [1.29, 1.82) is 0 Å².